The maximum Gasteiger partial charge on any atom is 0.242 e. The summed E-state index contributed by atoms with van der Waals surface area (Å²) >= 11 is 0. The van der Waals surface area contributed by atoms with E-state index in [9.17, 15) is 14.7 Å². The van der Waals surface area contributed by atoms with E-state index in [0.717, 1.165) is 57.2 Å². The van der Waals surface area contributed by atoms with E-state index in [1.807, 2.05) is 6.07 Å². The highest BCUT2D eigenvalue weighted by atomic mass is 16.5. The Hall–Kier alpha value is -2.12. The van der Waals surface area contributed by atoms with Gasteiger partial charge in [-0.05, 0) is 69.2 Å². The van der Waals surface area contributed by atoms with Crippen LogP contribution in [0.15, 0.2) is 18.2 Å². The van der Waals surface area contributed by atoms with Gasteiger partial charge in [-0.25, -0.2) is 0 Å². The number of phenols is 1. The molecule has 2 saturated heterocycles. The number of nitrogens with one attached hydrogen (secondary N) is 2. The maximum atomic E-state index is 13.4. The molecule has 1 atom stereocenters. The van der Waals surface area contributed by atoms with E-state index in [4.69, 9.17) is 4.74 Å². The van der Waals surface area contributed by atoms with Crippen LogP contribution in [0.1, 0.15) is 77.3 Å². The van der Waals surface area contributed by atoms with Crippen LogP contribution < -0.4 is 10.6 Å². The second-order valence-corrected chi connectivity index (χ2v) is 11.1. The van der Waals surface area contributed by atoms with Crippen molar-refractivity contribution >= 4 is 11.8 Å². The number of hydrogen-bond donors (Lipinski definition) is 3. The lowest BCUT2D eigenvalue weighted by atomic mass is 9.73. The molecule has 3 N–H and O–H groups in total. The van der Waals surface area contributed by atoms with Crippen molar-refractivity contribution in [3.05, 3.63) is 29.3 Å². The lowest BCUT2D eigenvalue weighted by molar-refractivity contribution is -0.138. The number of aromatic hydroxyl groups is 1. The summed E-state index contributed by atoms with van der Waals surface area (Å²) in [6.07, 6.45) is 4.94. The van der Waals surface area contributed by atoms with Gasteiger partial charge in [-0.15, -0.1) is 0 Å². The van der Waals surface area contributed by atoms with E-state index >= 15 is 0 Å². The molecule has 2 heterocycles. The largest absolute Gasteiger partial charge is 0.508 e. The molecule has 1 aromatic carbocycles. The number of phenolic OH excluding ortho intramolecular Hbond substituents is 1. The highest BCUT2D eigenvalue weighted by Gasteiger charge is 2.41. The fraction of sp³-hybridized carbons (Fsp3) is 0.704. The van der Waals surface area contributed by atoms with E-state index < -0.39 is 11.5 Å². The average Bonchev–Trinajstić information content (AvgIpc) is 2.79. The molecule has 2 amide bonds. The Morgan fingerprint density at radius 1 is 1.09 bits per heavy atom. The highest BCUT2D eigenvalue weighted by Crippen LogP contribution is 2.38. The van der Waals surface area contributed by atoms with Crippen molar-refractivity contribution in [3.8, 4) is 5.75 Å². The van der Waals surface area contributed by atoms with Crippen LogP contribution in [0.25, 0.3) is 0 Å². The molecule has 190 valence electrons. The fourth-order valence-electron chi connectivity index (χ4n) is 4.87. The SMILES string of the molecule is C[C@@H]1NC(=O)C2(CCCCOCCCNC1=O)CCN(Cc1cc(C(C)(C)C)ccc1O)CC2. The summed E-state index contributed by atoms with van der Waals surface area (Å²) in [7, 11) is 0. The van der Waals surface area contributed by atoms with Gasteiger partial charge >= 0.3 is 0 Å². The molecule has 0 aliphatic carbocycles. The first-order valence-corrected chi connectivity index (χ1v) is 12.8. The fourth-order valence-corrected chi connectivity index (χ4v) is 4.87. The molecule has 0 aromatic heterocycles. The van der Waals surface area contributed by atoms with Crippen LogP contribution in [-0.2, 0) is 26.3 Å². The summed E-state index contributed by atoms with van der Waals surface area (Å²) in [6.45, 7) is 12.4. The van der Waals surface area contributed by atoms with Gasteiger partial charge in [0.2, 0.25) is 11.8 Å². The van der Waals surface area contributed by atoms with Crippen molar-refractivity contribution < 1.29 is 19.4 Å². The number of piperidine rings is 1. The van der Waals surface area contributed by atoms with Crippen LogP contribution in [0.3, 0.4) is 0 Å². The summed E-state index contributed by atoms with van der Waals surface area (Å²) in [4.78, 5) is 28.1. The molecule has 0 unspecified atom stereocenters. The van der Waals surface area contributed by atoms with Crippen molar-refractivity contribution in [3.63, 3.8) is 0 Å². The lowest BCUT2D eigenvalue weighted by Gasteiger charge is -2.41. The van der Waals surface area contributed by atoms with Crippen molar-refractivity contribution in [2.45, 2.75) is 84.2 Å². The van der Waals surface area contributed by atoms with Gasteiger partial charge in [-0.1, -0.05) is 39.3 Å². The lowest BCUT2D eigenvalue weighted by Crippen LogP contribution is -2.53. The maximum absolute atomic E-state index is 13.4. The van der Waals surface area contributed by atoms with Crippen LogP contribution in [0, 0.1) is 5.41 Å². The predicted octanol–water partition coefficient (Wildman–Crippen LogP) is 3.48. The number of amides is 2. The molecular formula is C27H43N3O4. The zero-order valence-electron chi connectivity index (χ0n) is 21.4. The first-order valence-electron chi connectivity index (χ1n) is 12.8. The van der Waals surface area contributed by atoms with Crippen LogP contribution in [0.4, 0.5) is 0 Å². The Balaban J connectivity index is 1.68. The average molecular weight is 474 g/mol. The minimum Gasteiger partial charge on any atom is -0.508 e. The van der Waals surface area contributed by atoms with Gasteiger partial charge in [0.15, 0.2) is 0 Å². The van der Waals surface area contributed by atoms with E-state index in [0.29, 0.717) is 32.1 Å². The minimum absolute atomic E-state index is 0.00893. The molecule has 0 radical (unpaired) electrons. The smallest absolute Gasteiger partial charge is 0.242 e. The number of hydrogen-bond acceptors (Lipinski definition) is 5. The number of nitrogens with zero attached hydrogens (tertiary/aromatic N) is 1. The second-order valence-electron chi connectivity index (χ2n) is 11.1. The highest BCUT2D eigenvalue weighted by molar-refractivity contribution is 5.89. The molecule has 7 heteroatoms. The third-order valence-electron chi connectivity index (χ3n) is 7.33. The molecule has 7 nitrogen and oxygen atoms in total. The predicted molar refractivity (Wildman–Crippen MR) is 134 cm³/mol. The van der Waals surface area contributed by atoms with Gasteiger partial charge in [-0.3, -0.25) is 14.5 Å². The molecule has 2 fully saturated rings. The Morgan fingerprint density at radius 2 is 1.79 bits per heavy atom. The van der Waals surface area contributed by atoms with Gasteiger partial charge < -0.3 is 20.5 Å². The molecule has 34 heavy (non-hydrogen) atoms. The quantitative estimate of drug-likeness (QED) is 0.612. The van der Waals surface area contributed by atoms with Crippen molar-refractivity contribution in [1.82, 2.24) is 15.5 Å². The van der Waals surface area contributed by atoms with Crippen LogP contribution in [0.5, 0.6) is 5.75 Å². The van der Waals surface area contributed by atoms with Gasteiger partial charge in [0.1, 0.15) is 11.8 Å². The molecule has 3 rings (SSSR count). The first kappa shape index (κ1) is 26.5. The van der Waals surface area contributed by atoms with E-state index in [1.54, 1.807) is 13.0 Å². The topological polar surface area (TPSA) is 90.9 Å². The molecule has 1 aromatic rings. The molecule has 0 bridgehead atoms. The summed E-state index contributed by atoms with van der Waals surface area (Å²) in [5.74, 6) is 0.168. The standard InChI is InChI=1S/C27H43N3O4/c1-20-24(32)28-13-7-17-34-16-6-5-10-27(25(33)29-20)11-14-30(15-12-27)19-21-18-22(26(2,3)4)8-9-23(21)31/h8-9,18,20,31H,5-7,10-17,19H2,1-4H3,(H,28,32)(H,29,33)/t20-/m0/s1. The summed E-state index contributed by atoms with van der Waals surface area (Å²) in [6, 6.07) is 5.34. The number of benzene rings is 1. The third-order valence-corrected chi connectivity index (χ3v) is 7.33. The Bertz CT molecular complexity index is 841. The number of likely N-dealkylation sites (tertiary alicyclic amines) is 1. The van der Waals surface area contributed by atoms with Crippen molar-refractivity contribution in [1.29, 1.82) is 0 Å². The monoisotopic (exact) mass is 473 g/mol. The van der Waals surface area contributed by atoms with Gasteiger partial charge in [0.25, 0.3) is 0 Å². The van der Waals surface area contributed by atoms with Gasteiger partial charge in [0, 0.05) is 31.9 Å². The Kier molecular flexibility index (Phi) is 8.99. The van der Waals surface area contributed by atoms with Gasteiger partial charge in [0.05, 0.1) is 5.41 Å². The van der Waals surface area contributed by atoms with E-state index in [2.05, 4.69) is 42.4 Å². The number of ether oxygens (including phenoxy) is 1. The zero-order valence-corrected chi connectivity index (χ0v) is 21.4. The summed E-state index contributed by atoms with van der Waals surface area (Å²) in [5.41, 5.74) is 1.69. The molecular weight excluding hydrogens is 430 g/mol. The molecule has 2 aliphatic heterocycles. The first-order chi connectivity index (χ1) is 16.1. The number of carbonyl (C=O) groups is 2. The zero-order chi connectivity index (χ0) is 24.8. The van der Waals surface area contributed by atoms with Crippen LogP contribution in [0.2, 0.25) is 0 Å². The van der Waals surface area contributed by atoms with Crippen LogP contribution >= 0.6 is 0 Å². The van der Waals surface area contributed by atoms with E-state index in [-0.39, 0.29) is 17.2 Å². The molecule has 0 saturated carbocycles. The van der Waals surface area contributed by atoms with Crippen molar-refractivity contribution in [2.75, 3.05) is 32.8 Å². The van der Waals surface area contributed by atoms with E-state index in [1.165, 1.54) is 5.56 Å². The molecule has 2 aliphatic rings. The summed E-state index contributed by atoms with van der Waals surface area (Å²) in [5, 5.41) is 16.3. The normalized spacial score (nSPS) is 23.7. The summed E-state index contributed by atoms with van der Waals surface area (Å²) < 4.78 is 5.69. The number of rotatable bonds is 2. The van der Waals surface area contributed by atoms with Crippen molar-refractivity contribution in [2.24, 2.45) is 5.41 Å². The number of carbonyl (C=O) groups excluding carboxylic acids is 2. The third kappa shape index (κ3) is 6.95. The van der Waals surface area contributed by atoms with Gasteiger partial charge in [-0.2, -0.15) is 0 Å². The molecule has 1 spiro atoms. The Morgan fingerprint density at radius 3 is 2.50 bits per heavy atom. The Labute approximate surface area is 204 Å². The second kappa shape index (κ2) is 11.5. The van der Waals surface area contributed by atoms with Crippen LogP contribution in [-0.4, -0.2) is 60.7 Å². The minimum atomic E-state index is -0.552.